The number of hydrogen-bond acceptors (Lipinski definition) is 4. The second kappa shape index (κ2) is 5.97. The minimum Gasteiger partial charge on any atom is -0.494 e. The molecule has 0 bridgehead atoms. The van der Waals surface area contributed by atoms with E-state index >= 15 is 0 Å². The first-order valence-corrected chi connectivity index (χ1v) is 6.29. The number of nitrogens with two attached hydrogens (primary N) is 2. The number of carbonyl (C=O) groups is 1. The lowest BCUT2D eigenvalue weighted by atomic mass is 10.1. The van der Waals surface area contributed by atoms with Crippen molar-refractivity contribution in [1.82, 2.24) is 0 Å². The van der Waals surface area contributed by atoms with Crippen LogP contribution < -0.4 is 21.5 Å². The summed E-state index contributed by atoms with van der Waals surface area (Å²) in [4.78, 5) is 11.4. The predicted octanol–water partition coefficient (Wildman–Crippen LogP) is 2.51. The lowest BCUT2D eigenvalue weighted by Crippen LogP contribution is -2.13. The van der Waals surface area contributed by atoms with Gasteiger partial charge in [-0.25, -0.2) is 0 Å². The molecule has 0 unspecified atom stereocenters. The minimum atomic E-state index is -0.522. The van der Waals surface area contributed by atoms with Crippen molar-refractivity contribution >= 4 is 23.0 Å². The van der Waals surface area contributed by atoms with Crippen molar-refractivity contribution in [2.45, 2.75) is 6.92 Å². The number of benzene rings is 2. The van der Waals surface area contributed by atoms with Crippen LogP contribution in [0.3, 0.4) is 0 Å². The number of amides is 1. The van der Waals surface area contributed by atoms with Gasteiger partial charge in [-0.1, -0.05) is 0 Å². The highest BCUT2D eigenvalue weighted by Crippen LogP contribution is 2.24. The molecule has 5 N–H and O–H groups in total. The summed E-state index contributed by atoms with van der Waals surface area (Å²) in [5, 5.41) is 3.14. The SMILES string of the molecule is CCOc1ccc(Nc2ccc(N)cc2C(N)=O)cc1. The summed E-state index contributed by atoms with van der Waals surface area (Å²) in [6, 6.07) is 12.4. The first-order valence-electron chi connectivity index (χ1n) is 6.29. The van der Waals surface area contributed by atoms with Crippen molar-refractivity contribution in [3.63, 3.8) is 0 Å². The van der Waals surface area contributed by atoms with Gasteiger partial charge in [-0.3, -0.25) is 4.79 Å². The zero-order chi connectivity index (χ0) is 14.5. The van der Waals surface area contributed by atoms with E-state index in [1.165, 1.54) is 0 Å². The Bertz CT molecular complexity index is 609. The van der Waals surface area contributed by atoms with Gasteiger partial charge < -0.3 is 21.5 Å². The van der Waals surface area contributed by atoms with Crippen LogP contribution in [-0.4, -0.2) is 12.5 Å². The van der Waals surface area contributed by atoms with E-state index in [2.05, 4.69) is 5.32 Å². The predicted molar refractivity (Wildman–Crippen MR) is 80.3 cm³/mol. The lowest BCUT2D eigenvalue weighted by Gasteiger charge is -2.11. The molecule has 104 valence electrons. The number of nitrogen functional groups attached to an aromatic ring is 1. The van der Waals surface area contributed by atoms with E-state index in [1.807, 2.05) is 31.2 Å². The Morgan fingerprint density at radius 1 is 1.20 bits per heavy atom. The van der Waals surface area contributed by atoms with Gasteiger partial charge in [0.15, 0.2) is 0 Å². The molecular weight excluding hydrogens is 254 g/mol. The standard InChI is InChI=1S/C15H17N3O2/c1-2-20-12-6-4-11(5-7-12)18-14-8-3-10(16)9-13(14)15(17)19/h3-9,18H,2,16H2,1H3,(H2,17,19). The fraction of sp³-hybridized carbons (Fsp3) is 0.133. The number of ether oxygens (including phenoxy) is 1. The van der Waals surface area contributed by atoms with Gasteiger partial charge in [0, 0.05) is 11.4 Å². The summed E-state index contributed by atoms with van der Waals surface area (Å²) >= 11 is 0. The van der Waals surface area contributed by atoms with Crippen molar-refractivity contribution in [2.75, 3.05) is 17.7 Å². The zero-order valence-corrected chi connectivity index (χ0v) is 11.2. The van der Waals surface area contributed by atoms with Gasteiger partial charge >= 0.3 is 0 Å². The van der Waals surface area contributed by atoms with Crippen molar-refractivity contribution in [3.05, 3.63) is 48.0 Å². The van der Waals surface area contributed by atoms with Crippen LogP contribution in [0, 0.1) is 0 Å². The molecule has 0 atom stereocenters. The van der Waals surface area contributed by atoms with Gasteiger partial charge in [0.25, 0.3) is 5.91 Å². The van der Waals surface area contributed by atoms with Crippen LogP contribution in [0.25, 0.3) is 0 Å². The average Bonchev–Trinajstić information content (AvgIpc) is 2.43. The first kappa shape index (κ1) is 13.7. The van der Waals surface area contributed by atoms with Gasteiger partial charge in [0.2, 0.25) is 0 Å². The fourth-order valence-corrected chi connectivity index (χ4v) is 1.83. The number of carbonyl (C=O) groups excluding carboxylic acids is 1. The van der Waals surface area contributed by atoms with Crippen LogP contribution in [-0.2, 0) is 0 Å². The average molecular weight is 271 g/mol. The molecular formula is C15H17N3O2. The number of primary amides is 1. The monoisotopic (exact) mass is 271 g/mol. The third-order valence-electron chi connectivity index (χ3n) is 2.75. The van der Waals surface area contributed by atoms with Crippen LogP contribution >= 0.6 is 0 Å². The molecule has 0 aliphatic heterocycles. The van der Waals surface area contributed by atoms with Crippen molar-refractivity contribution in [1.29, 1.82) is 0 Å². The van der Waals surface area contributed by atoms with Crippen LogP contribution in [0.1, 0.15) is 17.3 Å². The molecule has 0 aromatic heterocycles. The number of rotatable bonds is 5. The molecule has 0 aliphatic rings. The van der Waals surface area contributed by atoms with E-state index in [0.717, 1.165) is 11.4 Å². The van der Waals surface area contributed by atoms with E-state index in [4.69, 9.17) is 16.2 Å². The van der Waals surface area contributed by atoms with Crippen molar-refractivity contribution in [3.8, 4) is 5.75 Å². The maximum absolute atomic E-state index is 11.4. The molecule has 2 rings (SSSR count). The maximum Gasteiger partial charge on any atom is 0.250 e. The van der Waals surface area contributed by atoms with E-state index in [-0.39, 0.29) is 0 Å². The largest absolute Gasteiger partial charge is 0.494 e. The Morgan fingerprint density at radius 2 is 1.90 bits per heavy atom. The molecule has 5 heteroatoms. The second-order valence-electron chi connectivity index (χ2n) is 4.25. The molecule has 0 saturated carbocycles. The van der Waals surface area contributed by atoms with E-state index in [0.29, 0.717) is 23.5 Å². The highest BCUT2D eigenvalue weighted by molar-refractivity contribution is 6.00. The van der Waals surface area contributed by atoms with Gasteiger partial charge in [0.1, 0.15) is 5.75 Å². The Hall–Kier alpha value is -2.69. The summed E-state index contributed by atoms with van der Waals surface area (Å²) in [6.07, 6.45) is 0. The Balaban J connectivity index is 2.23. The van der Waals surface area contributed by atoms with Crippen molar-refractivity contribution < 1.29 is 9.53 Å². The molecule has 20 heavy (non-hydrogen) atoms. The first-order chi connectivity index (χ1) is 9.60. The maximum atomic E-state index is 11.4. The molecule has 2 aromatic rings. The summed E-state index contributed by atoms with van der Waals surface area (Å²) in [7, 11) is 0. The Kier molecular flexibility index (Phi) is 4.10. The van der Waals surface area contributed by atoms with Gasteiger partial charge in [0.05, 0.1) is 17.9 Å². The van der Waals surface area contributed by atoms with Crippen LogP contribution in [0.15, 0.2) is 42.5 Å². The van der Waals surface area contributed by atoms with Crippen molar-refractivity contribution in [2.24, 2.45) is 5.73 Å². The van der Waals surface area contributed by atoms with E-state index in [1.54, 1.807) is 18.2 Å². The summed E-state index contributed by atoms with van der Waals surface area (Å²) < 4.78 is 5.37. The molecule has 2 aromatic carbocycles. The highest BCUT2D eigenvalue weighted by atomic mass is 16.5. The Labute approximate surface area is 117 Å². The smallest absolute Gasteiger partial charge is 0.250 e. The Morgan fingerprint density at radius 3 is 2.50 bits per heavy atom. The molecule has 0 heterocycles. The zero-order valence-electron chi connectivity index (χ0n) is 11.2. The van der Waals surface area contributed by atoms with E-state index in [9.17, 15) is 4.79 Å². The topological polar surface area (TPSA) is 90.4 Å². The molecule has 5 nitrogen and oxygen atoms in total. The van der Waals surface area contributed by atoms with Crippen LogP contribution in [0.2, 0.25) is 0 Å². The quantitative estimate of drug-likeness (QED) is 0.729. The minimum absolute atomic E-state index is 0.360. The normalized spacial score (nSPS) is 10.1. The van der Waals surface area contributed by atoms with Gasteiger partial charge in [-0.05, 0) is 49.4 Å². The molecule has 0 saturated heterocycles. The van der Waals surface area contributed by atoms with Gasteiger partial charge in [-0.2, -0.15) is 0 Å². The summed E-state index contributed by atoms with van der Waals surface area (Å²) in [5.74, 6) is 0.274. The fourth-order valence-electron chi connectivity index (χ4n) is 1.83. The second-order valence-corrected chi connectivity index (χ2v) is 4.25. The number of hydrogen-bond donors (Lipinski definition) is 3. The molecule has 0 spiro atoms. The number of nitrogens with one attached hydrogen (secondary N) is 1. The van der Waals surface area contributed by atoms with Crippen LogP contribution in [0.4, 0.5) is 17.1 Å². The third kappa shape index (κ3) is 3.20. The third-order valence-corrected chi connectivity index (χ3v) is 2.75. The summed E-state index contributed by atoms with van der Waals surface area (Å²) in [5.41, 5.74) is 13.3. The van der Waals surface area contributed by atoms with E-state index < -0.39 is 5.91 Å². The van der Waals surface area contributed by atoms with Crippen LogP contribution in [0.5, 0.6) is 5.75 Å². The lowest BCUT2D eigenvalue weighted by molar-refractivity contribution is 0.100. The molecule has 0 radical (unpaired) electrons. The van der Waals surface area contributed by atoms with Gasteiger partial charge in [-0.15, -0.1) is 0 Å². The highest BCUT2D eigenvalue weighted by Gasteiger charge is 2.08. The molecule has 0 aliphatic carbocycles. The summed E-state index contributed by atoms with van der Waals surface area (Å²) in [6.45, 7) is 2.55. The molecule has 0 fully saturated rings. The molecule has 1 amide bonds. The number of anilines is 3.